The van der Waals surface area contributed by atoms with Gasteiger partial charge in [-0.15, -0.1) is 0 Å². The first-order valence-corrected chi connectivity index (χ1v) is 12.5. The van der Waals surface area contributed by atoms with Crippen LogP contribution in [0.15, 0.2) is 0 Å². The Bertz CT molecular complexity index is 740. The van der Waals surface area contributed by atoms with Gasteiger partial charge in [-0.2, -0.15) is 0 Å². The second-order valence-electron chi connectivity index (χ2n) is 9.92. The van der Waals surface area contributed by atoms with Crippen LogP contribution in [0.2, 0.25) is 0 Å². The Morgan fingerprint density at radius 1 is 0.750 bits per heavy atom. The van der Waals surface area contributed by atoms with E-state index in [0.29, 0.717) is 12.8 Å². The van der Waals surface area contributed by atoms with Crippen LogP contribution >= 0.6 is 0 Å². The Morgan fingerprint density at radius 2 is 1.31 bits per heavy atom. The lowest BCUT2D eigenvalue weighted by molar-refractivity contribution is -0.385. The van der Waals surface area contributed by atoms with Gasteiger partial charge in [-0.1, -0.05) is 38.5 Å². The van der Waals surface area contributed by atoms with Crippen molar-refractivity contribution in [2.24, 2.45) is 5.92 Å². The van der Waals surface area contributed by atoms with Crippen LogP contribution in [0.4, 0.5) is 0 Å². The van der Waals surface area contributed by atoms with Gasteiger partial charge in [0.05, 0.1) is 13.0 Å². The fourth-order valence-electron chi connectivity index (χ4n) is 5.10. The van der Waals surface area contributed by atoms with Crippen molar-refractivity contribution in [3.05, 3.63) is 0 Å². The molecule has 1 aliphatic carbocycles. The summed E-state index contributed by atoms with van der Waals surface area (Å²) in [6.07, 6.45) is -11.8. The molecule has 1 saturated carbocycles. The fraction of sp³-hybridized carbons (Fsp3) is 0.913. The molecule has 0 spiro atoms. The van der Waals surface area contributed by atoms with Crippen molar-refractivity contribution >= 4 is 11.6 Å². The lowest BCUT2D eigenvalue weighted by atomic mass is 9.80. The monoisotopic (exact) mass is 522 g/mol. The molecule has 2 aliphatic heterocycles. The number of ether oxygens (including phenoxy) is 3. The molecule has 0 bridgehead atoms. The molecule has 3 rings (SSSR count). The summed E-state index contributed by atoms with van der Waals surface area (Å²) in [7, 11) is 0. The van der Waals surface area contributed by atoms with E-state index < -0.39 is 85.7 Å². The standard InChI is InChI=1S/C23H38O13/c24-10-23(13(26)9-12(25)11-7-5-3-1-2-4-6-8-11)19(15(28)17(30)21(33)36-23)34-22-18(31)14(27)16(29)20(32)35-22/h11,14-22,24,27-33H,1-10H2/t14-,15-,16-,17+,18+,19-,20-,21+,22+,23-/m0/s1. The quantitative estimate of drug-likeness (QED) is 0.159. The van der Waals surface area contributed by atoms with Gasteiger partial charge in [-0.05, 0) is 12.8 Å². The topological polar surface area (TPSA) is 224 Å². The molecule has 0 unspecified atom stereocenters. The first-order valence-electron chi connectivity index (χ1n) is 12.5. The number of Topliss-reactive ketones (excluding diaryl/α,β-unsaturated/α-hetero) is 2. The van der Waals surface area contributed by atoms with Crippen molar-refractivity contribution in [3.8, 4) is 0 Å². The summed E-state index contributed by atoms with van der Waals surface area (Å²) in [5.74, 6) is -1.81. The van der Waals surface area contributed by atoms with Crippen LogP contribution in [0.3, 0.4) is 0 Å². The molecule has 3 aliphatic rings. The number of ketones is 2. The van der Waals surface area contributed by atoms with Crippen LogP contribution < -0.4 is 0 Å². The molecule has 3 fully saturated rings. The number of aliphatic hydroxyl groups excluding tert-OH is 8. The number of rotatable bonds is 7. The van der Waals surface area contributed by atoms with Crippen molar-refractivity contribution in [1.29, 1.82) is 0 Å². The predicted molar refractivity (Wildman–Crippen MR) is 118 cm³/mol. The maximum atomic E-state index is 13.4. The van der Waals surface area contributed by atoms with E-state index in [1.165, 1.54) is 0 Å². The normalized spacial score (nSPS) is 43.3. The van der Waals surface area contributed by atoms with E-state index in [1.54, 1.807) is 0 Å². The van der Waals surface area contributed by atoms with E-state index in [-0.39, 0.29) is 5.92 Å². The van der Waals surface area contributed by atoms with Crippen molar-refractivity contribution < 1.29 is 64.7 Å². The highest BCUT2D eigenvalue weighted by Crippen LogP contribution is 2.36. The number of hydrogen-bond donors (Lipinski definition) is 8. The largest absolute Gasteiger partial charge is 0.393 e. The van der Waals surface area contributed by atoms with Gasteiger partial charge in [0.2, 0.25) is 0 Å². The molecule has 13 nitrogen and oxygen atoms in total. The molecule has 2 heterocycles. The van der Waals surface area contributed by atoms with Crippen molar-refractivity contribution in [2.45, 2.75) is 119 Å². The summed E-state index contributed by atoms with van der Waals surface area (Å²) in [5.41, 5.74) is -2.55. The Balaban J connectivity index is 1.83. The number of hydrogen-bond acceptors (Lipinski definition) is 13. The number of carbonyl (C=O) groups is 2. The molecule has 10 atom stereocenters. The van der Waals surface area contributed by atoms with E-state index in [4.69, 9.17) is 14.2 Å². The minimum Gasteiger partial charge on any atom is -0.393 e. The fourth-order valence-corrected chi connectivity index (χ4v) is 5.10. The highest BCUT2D eigenvalue weighted by molar-refractivity contribution is 6.04. The molecule has 0 radical (unpaired) electrons. The average Bonchev–Trinajstić information content (AvgIpc) is 3.00. The van der Waals surface area contributed by atoms with Crippen LogP contribution in [0, 0.1) is 5.92 Å². The van der Waals surface area contributed by atoms with E-state index in [9.17, 15) is 50.4 Å². The van der Waals surface area contributed by atoms with E-state index >= 15 is 0 Å². The lowest BCUT2D eigenvalue weighted by Gasteiger charge is -2.49. The highest BCUT2D eigenvalue weighted by atomic mass is 16.8. The maximum absolute atomic E-state index is 13.4. The minimum absolute atomic E-state index is 0.388. The van der Waals surface area contributed by atoms with Gasteiger partial charge in [-0.3, -0.25) is 9.59 Å². The van der Waals surface area contributed by atoms with Crippen LogP contribution in [0.1, 0.15) is 57.8 Å². The maximum Gasteiger partial charge on any atom is 0.189 e. The third kappa shape index (κ3) is 6.13. The molecule has 36 heavy (non-hydrogen) atoms. The predicted octanol–water partition coefficient (Wildman–Crippen LogP) is -2.79. The van der Waals surface area contributed by atoms with Gasteiger partial charge in [0.1, 0.15) is 42.4 Å². The molecular formula is C23H38O13. The molecule has 0 aromatic heterocycles. The number of carbonyl (C=O) groups excluding carboxylic acids is 2. The molecule has 2 saturated heterocycles. The van der Waals surface area contributed by atoms with Crippen molar-refractivity contribution in [1.82, 2.24) is 0 Å². The van der Waals surface area contributed by atoms with E-state index in [1.807, 2.05) is 0 Å². The molecule has 8 N–H and O–H groups in total. The van der Waals surface area contributed by atoms with Crippen molar-refractivity contribution in [2.75, 3.05) is 6.61 Å². The Labute approximate surface area is 208 Å². The minimum atomic E-state index is -2.55. The summed E-state index contributed by atoms with van der Waals surface area (Å²) < 4.78 is 15.6. The van der Waals surface area contributed by atoms with Gasteiger partial charge in [0, 0.05) is 5.92 Å². The summed E-state index contributed by atoms with van der Waals surface area (Å²) in [4.78, 5) is 26.5. The van der Waals surface area contributed by atoms with Crippen LogP contribution in [0.25, 0.3) is 0 Å². The molecule has 208 valence electrons. The third-order valence-electron chi connectivity index (χ3n) is 7.42. The molecular weight excluding hydrogens is 484 g/mol. The van der Waals surface area contributed by atoms with Crippen LogP contribution in [-0.4, -0.2) is 120 Å². The molecule has 0 aromatic carbocycles. The van der Waals surface area contributed by atoms with Gasteiger partial charge < -0.3 is 55.1 Å². The Hall–Kier alpha value is -1.10. The van der Waals surface area contributed by atoms with Crippen LogP contribution in [0.5, 0.6) is 0 Å². The lowest BCUT2D eigenvalue weighted by Crippen LogP contribution is -2.71. The smallest absolute Gasteiger partial charge is 0.189 e. The summed E-state index contributed by atoms with van der Waals surface area (Å²) >= 11 is 0. The third-order valence-corrected chi connectivity index (χ3v) is 7.42. The van der Waals surface area contributed by atoms with Gasteiger partial charge in [0.25, 0.3) is 0 Å². The van der Waals surface area contributed by atoms with E-state index in [2.05, 4.69) is 0 Å². The Kier molecular flexibility index (Phi) is 10.3. The first-order chi connectivity index (χ1) is 17.0. The highest BCUT2D eigenvalue weighted by Gasteiger charge is 2.60. The van der Waals surface area contributed by atoms with Gasteiger partial charge >= 0.3 is 0 Å². The zero-order valence-electron chi connectivity index (χ0n) is 20.0. The summed E-state index contributed by atoms with van der Waals surface area (Å²) in [6.45, 7) is -1.19. The molecule has 0 aromatic rings. The van der Waals surface area contributed by atoms with Gasteiger partial charge in [0.15, 0.2) is 30.3 Å². The zero-order chi connectivity index (χ0) is 26.6. The summed E-state index contributed by atoms with van der Waals surface area (Å²) in [6, 6.07) is 0. The molecule has 0 amide bonds. The summed E-state index contributed by atoms with van der Waals surface area (Å²) in [5, 5.41) is 80.7. The SMILES string of the molecule is O=C(CC(=O)[C@]1(CO)O[C@@H](O)[C@H](O)[C@H](O)[C@@H]1O[C@@H]1O[C@H](O)[C@@H](O)[C@H](O)[C@H]1O)C1CCCCCCCC1. The van der Waals surface area contributed by atoms with E-state index in [0.717, 1.165) is 38.5 Å². The first kappa shape index (κ1) is 29.5. The van der Waals surface area contributed by atoms with Crippen LogP contribution in [-0.2, 0) is 23.8 Å². The molecule has 13 heteroatoms. The van der Waals surface area contributed by atoms with Gasteiger partial charge in [-0.25, -0.2) is 0 Å². The number of aliphatic hydroxyl groups is 8. The average molecular weight is 523 g/mol. The second-order valence-corrected chi connectivity index (χ2v) is 9.92. The Morgan fingerprint density at radius 3 is 1.89 bits per heavy atom. The van der Waals surface area contributed by atoms with Crippen molar-refractivity contribution in [3.63, 3.8) is 0 Å². The zero-order valence-corrected chi connectivity index (χ0v) is 20.0. The second kappa shape index (κ2) is 12.6.